The van der Waals surface area contributed by atoms with Crippen LogP contribution in [0, 0.1) is 0 Å². The molecular weight excluding hydrogens is 252 g/mol. The largest absolute Gasteiger partial charge is 0.372 e. The van der Waals surface area contributed by atoms with Crippen LogP contribution in [0.2, 0.25) is 0 Å². The number of hydrogen-bond acceptors (Lipinski definition) is 4. The van der Waals surface area contributed by atoms with Crippen molar-refractivity contribution in [1.29, 1.82) is 0 Å². The topological polar surface area (TPSA) is 61.2 Å². The van der Waals surface area contributed by atoms with E-state index < -0.39 is 9.05 Å². The Balaban J connectivity index is 3.02. The van der Waals surface area contributed by atoms with Crippen molar-refractivity contribution in [3.8, 4) is 0 Å². The minimum Gasteiger partial charge on any atom is -0.372 e. The quantitative estimate of drug-likeness (QED) is 0.762. The average molecular weight is 267 g/mol. The van der Waals surface area contributed by atoms with Gasteiger partial charge in [-0.15, -0.1) is 0 Å². The van der Waals surface area contributed by atoms with E-state index in [0.29, 0.717) is 12.2 Å². The summed E-state index contributed by atoms with van der Waals surface area (Å²) < 4.78 is 29.4. The molecule has 1 aromatic heterocycles. The Hall–Kier alpha value is -0.590. The zero-order chi connectivity index (χ0) is 12.3. The zero-order valence-corrected chi connectivity index (χ0v) is 11.0. The molecule has 0 aliphatic heterocycles. The normalized spacial score (nSPS) is 12.3. The predicted octanol–water partition coefficient (Wildman–Crippen LogP) is 1.76. The summed E-state index contributed by atoms with van der Waals surface area (Å²) in [5, 5.41) is 4.10. The van der Waals surface area contributed by atoms with Crippen LogP contribution < -0.4 is 0 Å². The molecule has 92 valence electrons. The zero-order valence-electron chi connectivity index (χ0n) is 9.47. The summed E-state index contributed by atoms with van der Waals surface area (Å²) in [4.78, 5) is 0.0247. The van der Waals surface area contributed by atoms with Gasteiger partial charge in [0.1, 0.15) is 10.6 Å². The van der Waals surface area contributed by atoms with Crippen LogP contribution in [-0.2, 0) is 26.9 Å². The van der Waals surface area contributed by atoms with E-state index in [0.717, 1.165) is 0 Å². The average Bonchev–Trinajstić information content (AvgIpc) is 2.57. The molecule has 0 saturated carbocycles. The molecule has 5 nitrogen and oxygen atoms in total. The maximum absolute atomic E-state index is 11.3. The minimum atomic E-state index is -3.76. The van der Waals surface area contributed by atoms with Crippen molar-refractivity contribution in [2.75, 3.05) is 0 Å². The molecule has 0 N–H and O–H groups in total. The summed E-state index contributed by atoms with van der Waals surface area (Å²) in [6.45, 7) is 6.33. The first-order valence-corrected chi connectivity index (χ1v) is 7.28. The first-order chi connectivity index (χ1) is 7.34. The second-order valence-electron chi connectivity index (χ2n) is 3.59. The second-order valence-corrected chi connectivity index (χ2v) is 6.13. The van der Waals surface area contributed by atoms with Crippen LogP contribution in [0.25, 0.3) is 0 Å². The molecule has 0 saturated heterocycles. The molecule has 1 heterocycles. The highest BCUT2D eigenvalue weighted by Gasteiger charge is 2.20. The Morgan fingerprint density at radius 3 is 2.62 bits per heavy atom. The first-order valence-electron chi connectivity index (χ1n) is 4.97. The lowest BCUT2D eigenvalue weighted by molar-refractivity contribution is 0.0619. The minimum absolute atomic E-state index is 0.0117. The van der Waals surface area contributed by atoms with Gasteiger partial charge in [0.2, 0.25) is 0 Å². The van der Waals surface area contributed by atoms with E-state index >= 15 is 0 Å². The number of rotatable bonds is 5. The molecule has 0 radical (unpaired) electrons. The summed E-state index contributed by atoms with van der Waals surface area (Å²) in [5.41, 5.74) is 0.352. The Morgan fingerprint density at radius 1 is 1.56 bits per heavy atom. The van der Waals surface area contributed by atoms with Gasteiger partial charge in [-0.05, 0) is 20.8 Å². The molecule has 1 rings (SSSR count). The highest BCUT2D eigenvalue weighted by atomic mass is 35.7. The lowest BCUT2D eigenvalue weighted by Crippen LogP contribution is -2.05. The van der Waals surface area contributed by atoms with Gasteiger partial charge in [-0.2, -0.15) is 5.10 Å². The third-order valence-corrected chi connectivity index (χ3v) is 3.31. The van der Waals surface area contributed by atoms with Gasteiger partial charge < -0.3 is 4.74 Å². The van der Waals surface area contributed by atoms with Crippen LogP contribution in [0.4, 0.5) is 0 Å². The molecule has 1 aromatic rings. The predicted molar refractivity (Wildman–Crippen MR) is 60.9 cm³/mol. The molecule has 0 fully saturated rings. The lowest BCUT2D eigenvalue weighted by Gasteiger charge is -2.05. The van der Waals surface area contributed by atoms with Crippen molar-refractivity contribution in [3.05, 3.63) is 11.9 Å². The molecule has 0 amide bonds. The van der Waals surface area contributed by atoms with Gasteiger partial charge in [-0.3, -0.25) is 4.68 Å². The van der Waals surface area contributed by atoms with Gasteiger partial charge in [-0.1, -0.05) is 0 Å². The highest BCUT2D eigenvalue weighted by molar-refractivity contribution is 8.13. The van der Waals surface area contributed by atoms with Crippen LogP contribution in [0.3, 0.4) is 0 Å². The van der Waals surface area contributed by atoms with E-state index in [-0.39, 0.29) is 17.6 Å². The van der Waals surface area contributed by atoms with E-state index in [1.807, 2.05) is 20.8 Å². The maximum Gasteiger partial charge on any atom is 0.264 e. The number of nitrogens with zero attached hydrogens (tertiary/aromatic N) is 2. The van der Waals surface area contributed by atoms with Gasteiger partial charge in [0.05, 0.1) is 12.7 Å². The van der Waals surface area contributed by atoms with Crippen LogP contribution in [0.15, 0.2) is 11.1 Å². The van der Waals surface area contributed by atoms with Crippen LogP contribution in [0.5, 0.6) is 0 Å². The molecule has 0 aliphatic carbocycles. The van der Waals surface area contributed by atoms with Crippen LogP contribution in [0.1, 0.15) is 26.5 Å². The molecular formula is C9H15ClN2O3S. The third kappa shape index (κ3) is 3.47. The standard InChI is InChI=1S/C9H15ClN2O3S/c1-4-12-5-9(16(10,13)14)8(11-12)6-15-7(2)3/h5,7H,4,6H2,1-3H3. The molecule has 0 spiro atoms. The highest BCUT2D eigenvalue weighted by Crippen LogP contribution is 2.20. The first kappa shape index (κ1) is 13.5. The van der Waals surface area contributed by atoms with E-state index in [2.05, 4.69) is 5.10 Å². The van der Waals surface area contributed by atoms with Gasteiger partial charge in [0, 0.05) is 23.4 Å². The summed E-state index contributed by atoms with van der Waals surface area (Å²) in [5.74, 6) is 0. The number of aromatic nitrogens is 2. The number of ether oxygens (including phenoxy) is 1. The second kappa shape index (κ2) is 5.16. The lowest BCUT2D eigenvalue weighted by atomic mass is 10.4. The number of aryl methyl sites for hydroxylation is 1. The molecule has 0 aromatic carbocycles. The maximum atomic E-state index is 11.3. The summed E-state index contributed by atoms with van der Waals surface area (Å²) in [7, 11) is 1.55. The smallest absolute Gasteiger partial charge is 0.264 e. The molecule has 7 heteroatoms. The SMILES string of the molecule is CCn1cc(S(=O)(=O)Cl)c(COC(C)C)n1. The van der Waals surface area contributed by atoms with Gasteiger partial charge in [0.15, 0.2) is 0 Å². The van der Waals surface area contributed by atoms with Crippen molar-refractivity contribution >= 4 is 19.7 Å². The van der Waals surface area contributed by atoms with Crippen molar-refractivity contribution in [3.63, 3.8) is 0 Å². The Labute approximate surface area is 99.8 Å². The van der Waals surface area contributed by atoms with Crippen molar-refractivity contribution in [1.82, 2.24) is 9.78 Å². The Morgan fingerprint density at radius 2 is 2.19 bits per heavy atom. The monoisotopic (exact) mass is 266 g/mol. The molecule has 0 aliphatic rings. The van der Waals surface area contributed by atoms with Crippen molar-refractivity contribution in [2.24, 2.45) is 0 Å². The van der Waals surface area contributed by atoms with E-state index in [1.165, 1.54) is 10.9 Å². The van der Waals surface area contributed by atoms with Crippen molar-refractivity contribution in [2.45, 2.75) is 44.9 Å². The molecule has 16 heavy (non-hydrogen) atoms. The van der Waals surface area contributed by atoms with Gasteiger partial charge in [0.25, 0.3) is 9.05 Å². The fourth-order valence-corrected chi connectivity index (χ4v) is 2.17. The number of halogens is 1. The fraction of sp³-hybridized carbons (Fsp3) is 0.667. The fourth-order valence-electron chi connectivity index (χ4n) is 1.15. The Bertz CT molecular complexity index is 453. The summed E-state index contributed by atoms with van der Waals surface area (Å²) in [6.07, 6.45) is 1.43. The summed E-state index contributed by atoms with van der Waals surface area (Å²) in [6, 6.07) is 0. The van der Waals surface area contributed by atoms with E-state index in [1.54, 1.807) is 0 Å². The van der Waals surface area contributed by atoms with Crippen LogP contribution in [-0.4, -0.2) is 24.3 Å². The number of hydrogen-bond donors (Lipinski definition) is 0. The van der Waals surface area contributed by atoms with Crippen molar-refractivity contribution < 1.29 is 13.2 Å². The summed E-state index contributed by atoms with van der Waals surface area (Å²) >= 11 is 0. The Kier molecular flexibility index (Phi) is 4.35. The van der Waals surface area contributed by atoms with Gasteiger partial charge >= 0.3 is 0 Å². The van der Waals surface area contributed by atoms with Crippen LogP contribution >= 0.6 is 10.7 Å². The van der Waals surface area contributed by atoms with Gasteiger partial charge in [-0.25, -0.2) is 8.42 Å². The van der Waals surface area contributed by atoms with E-state index in [4.69, 9.17) is 15.4 Å². The molecule has 0 bridgehead atoms. The van der Waals surface area contributed by atoms with E-state index in [9.17, 15) is 8.42 Å². The third-order valence-electron chi connectivity index (χ3n) is 1.94. The molecule has 0 unspecified atom stereocenters. The molecule has 0 atom stereocenters.